The van der Waals surface area contributed by atoms with Crippen LogP contribution in [-0.2, 0) is 4.79 Å². The van der Waals surface area contributed by atoms with Crippen LogP contribution in [0.15, 0.2) is 18.2 Å². The number of amides is 1. The minimum Gasteiger partial charge on any atom is -0.542 e. The van der Waals surface area contributed by atoms with E-state index in [1.807, 2.05) is 6.07 Å². The van der Waals surface area contributed by atoms with Gasteiger partial charge in [0.2, 0.25) is 5.91 Å². The van der Waals surface area contributed by atoms with Crippen LogP contribution in [0.2, 0.25) is 18.1 Å². The molecule has 3 N–H and O–H groups in total. The fourth-order valence-corrected chi connectivity index (χ4v) is 2.39. The molecule has 106 valence electrons. The summed E-state index contributed by atoms with van der Waals surface area (Å²) in [5, 5.41) is 2.87. The van der Waals surface area contributed by atoms with Crippen LogP contribution in [-0.4, -0.2) is 14.2 Å². The summed E-state index contributed by atoms with van der Waals surface area (Å²) in [5.74, 6) is 0.557. The van der Waals surface area contributed by atoms with E-state index in [1.165, 1.54) is 6.92 Å². The number of hydrogen-bond acceptors (Lipinski definition) is 3. The average molecular weight is 280 g/mol. The monoisotopic (exact) mass is 280 g/mol. The Balaban J connectivity index is 3.10. The van der Waals surface area contributed by atoms with Crippen LogP contribution < -0.4 is 15.5 Å². The first-order valence-electron chi connectivity index (χ1n) is 6.39. The fraction of sp³-hybridized carbons (Fsp3) is 0.500. The smallest absolute Gasteiger partial charge is 0.250 e. The van der Waals surface area contributed by atoms with Crippen molar-refractivity contribution in [3.05, 3.63) is 18.2 Å². The van der Waals surface area contributed by atoms with Crippen LogP contribution in [0.1, 0.15) is 27.7 Å². The zero-order chi connectivity index (χ0) is 14.8. The second-order valence-corrected chi connectivity index (χ2v) is 11.0. The lowest BCUT2D eigenvalue weighted by molar-refractivity contribution is -0.114. The van der Waals surface area contributed by atoms with Gasteiger partial charge < -0.3 is 15.5 Å². The number of hydrogen-bond donors (Lipinski definition) is 2. The molecule has 0 aliphatic rings. The number of carbonyl (C=O) groups is 1. The van der Waals surface area contributed by atoms with Crippen molar-refractivity contribution in [2.45, 2.75) is 45.8 Å². The lowest BCUT2D eigenvalue weighted by Crippen LogP contribution is -2.44. The molecule has 0 unspecified atom stereocenters. The molecule has 0 fully saturated rings. The van der Waals surface area contributed by atoms with Crippen molar-refractivity contribution in [2.24, 2.45) is 0 Å². The second kappa shape index (κ2) is 5.25. The van der Waals surface area contributed by atoms with Crippen LogP contribution in [0.4, 0.5) is 11.4 Å². The molecule has 5 heteroatoms. The standard InChI is InChI=1S/C14H24N2O2Si/c1-10(17)16-12-9-11(15)7-8-13(12)18-19(5,6)14(2,3)4/h7-9H,15H2,1-6H3,(H,16,17). The van der Waals surface area contributed by atoms with Crippen molar-refractivity contribution >= 4 is 25.6 Å². The number of anilines is 2. The molecule has 1 aromatic carbocycles. The van der Waals surface area contributed by atoms with Gasteiger partial charge in [0.1, 0.15) is 5.75 Å². The summed E-state index contributed by atoms with van der Waals surface area (Å²) in [6.07, 6.45) is 0. The lowest BCUT2D eigenvalue weighted by Gasteiger charge is -2.37. The van der Waals surface area contributed by atoms with E-state index in [0.29, 0.717) is 17.1 Å². The Kier molecular flexibility index (Phi) is 4.30. The molecule has 1 rings (SSSR count). The molecule has 0 aliphatic heterocycles. The van der Waals surface area contributed by atoms with E-state index >= 15 is 0 Å². The van der Waals surface area contributed by atoms with Gasteiger partial charge in [0.15, 0.2) is 0 Å². The van der Waals surface area contributed by atoms with E-state index < -0.39 is 8.32 Å². The summed E-state index contributed by atoms with van der Waals surface area (Å²) in [7, 11) is -1.94. The van der Waals surface area contributed by atoms with E-state index in [2.05, 4.69) is 39.2 Å². The third-order valence-corrected chi connectivity index (χ3v) is 7.83. The number of rotatable bonds is 3. The van der Waals surface area contributed by atoms with E-state index in [9.17, 15) is 4.79 Å². The van der Waals surface area contributed by atoms with Crippen LogP contribution >= 0.6 is 0 Å². The first-order chi connectivity index (χ1) is 8.53. The zero-order valence-corrected chi connectivity index (χ0v) is 13.6. The summed E-state index contributed by atoms with van der Waals surface area (Å²) in [5.41, 5.74) is 7.00. The molecule has 1 amide bonds. The molecule has 1 aromatic rings. The van der Waals surface area contributed by atoms with E-state index in [4.69, 9.17) is 10.2 Å². The van der Waals surface area contributed by atoms with Crippen molar-refractivity contribution in [1.82, 2.24) is 0 Å². The van der Waals surface area contributed by atoms with Crippen molar-refractivity contribution in [2.75, 3.05) is 11.1 Å². The van der Waals surface area contributed by atoms with Gasteiger partial charge in [-0.15, -0.1) is 0 Å². The normalized spacial score (nSPS) is 12.1. The number of benzene rings is 1. The second-order valence-electron chi connectivity index (χ2n) is 6.30. The van der Waals surface area contributed by atoms with Crippen molar-refractivity contribution in [1.29, 1.82) is 0 Å². The lowest BCUT2D eigenvalue weighted by atomic mass is 10.2. The molecule has 0 aliphatic carbocycles. The molecule has 0 heterocycles. The Morgan fingerprint density at radius 1 is 1.32 bits per heavy atom. The van der Waals surface area contributed by atoms with Crippen LogP contribution in [0.25, 0.3) is 0 Å². The minimum absolute atomic E-state index is 0.0991. The number of nitrogens with two attached hydrogens (primary N) is 1. The SMILES string of the molecule is CC(=O)Nc1cc(N)ccc1O[Si](C)(C)C(C)(C)C. The first kappa shape index (κ1) is 15.6. The van der Waals surface area contributed by atoms with Crippen molar-refractivity contribution < 1.29 is 9.22 Å². The summed E-state index contributed by atoms with van der Waals surface area (Å²) in [4.78, 5) is 11.2. The summed E-state index contributed by atoms with van der Waals surface area (Å²) >= 11 is 0. The molecule has 0 bridgehead atoms. The van der Waals surface area contributed by atoms with Gasteiger partial charge in [-0.2, -0.15) is 0 Å². The Bertz CT molecular complexity index is 479. The maximum atomic E-state index is 11.2. The molecule has 0 radical (unpaired) electrons. The highest BCUT2D eigenvalue weighted by Gasteiger charge is 2.39. The Labute approximate surface area is 116 Å². The number of carbonyl (C=O) groups excluding carboxylic acids is 1. The predicted octanol–water partition coefficient (Wildman–Crippen LogP) is 3.61. The molecule has 0 saturated carbocycles. The molecule has 0 aromatic heterocycles. The zero-order valence-electron chi connectivity index (χ0n) is 12.6. The van der Waals surface area contributed by atoms with Crippen molar-refractivity contribution in [3.8, 4) is 5.75 Å². The highest BCUT2D eigenvalue weighted by Crippen LogP contribution is 2.39. The Morgan fingerprint density at radius 2 is 1.89 bits per heavy atom. The third-order valence-electron chi connectivity index (χ3n) is 3.49. The summed E-state index contributed by atoms with van der Waals surface area (Å²) in [6.45, 7) is 12.3. The molecule has 19 heavy (non-hydrogen) atoms. The number of nitrogens with one attached hydrogen (secondary N) is 1. The van der Waals surface area contributed by atoms with E-state index in [0.717, 1.165) is 0 Å². The molecular formula is C14H24N2O2Si. The average Bonchev–Trinajstić information content (AvgIpc) is 2.19. The summed E-state index contributed by atoms with van der Waals surface area (Å²) in [6, 6.07) is 5.33. The molecule has 0 spiro atoms. The predicted molar refractivity (Wildman–Crippen MR) is 83.0 cm³/mol. The molecular weight excluding hydrogens is 256 g/mol. The van der Waals surface area contributed by atoms with E-state index in [1.54, 1.807) is 12.1 Å². The highest BCUT2D eigenvalue weighted by molar-refractivity contribution is 6.74. The van der Waals surface area contributed by atoms with Gasteiger partial charge in [-0.25, -0.2) is 0 Å². The van der Waals surface area contributed by atoms with Crippen LogP contribution in [0.3, 0.4) is 0 Å². The highest BCUT2D eigenvalue weighted by atomic mass is 28.4. The van der Waals surface area contributed by atoms with Gasteiger partial charge in [0.05, 0.1) is 5.69 Å². The molecule has 0 saturated heterocycles. The third kappa shape index (κ3) is 3.99. The maximum Gasteiger partial charge on any atom is 0.250 e. The van der Waals surface area contributed by atoms with Gasteiger partial charge in [0, 0.05) is 12.6 Å². The van der Waals surface area contributed by atoms with Crippen LogP contribution in [0.5, 0.6) is 5.75 Å². The minimum atomic E-state index is -1.94. The quantitative estimate of drug-likeness (QED) is 0.656. The summed E-state index contributed by atoms with van der Waals surface area (Å²) < 4.78 is 6.22. The topological polar surface area (TPSA) is 64.4 Å². The van der Waals surface area contributed by atoms with Gasteiger partial charge in [-0.05, 0) is 36.3 Å². The van der Waals surface area contributed by atoms with E-state index in [-0.39, 0.29) is 10.9 Å². The van der Waals surface area contributed by atoms with Gasteiger partial charge in [-0.1, -0.05) is 20.8 Å². The van der Waals surface area contributed by atoms with Crippen molar-refractivity contribution in [3.63, 3.8) is 0 Å². The number of nitrogen functional groups attached to an aromatic ring is 1. The van der Waals surface area contributed by atoms with Gasteiger partial charge in [0.25, 0.3) is 8.32 Å². The Morgan fingerprint density at radius 3 is 2.37 bits per heavy atom. The first-order valence-corrected chi connectivity index (χ1v) is 9.30. The fourth-order valence-electron chi connectivity index (χ4n) is 1.35. The Hall–Kier alpha value is -1.49. The van der Waals surface area contributed by atoms with Gasteiger partial charge >= 0.3 is 0 Å². The maximum absolute atomic E-state index is 11.2. The van der Waals surface area contributed by atoms with Gasteiger partial charge in [-0.3, -0.25) is 4.79 Å². The largest absolute Gasteiger partial charge is 0.542 e. The van der Waals surface area contributed by atoms with Crippen LogP contribution in [0, 0.1) is 0 Å². The molecule has 0 atom stereocenters. The molecule has 4 nitrogen and oxygen atoms in total.